The lowest BCUT2D eigenvalue weighted by molar-refractivity contribution is -0.132. The lowest BCUT2D eigenvalue weighted by atomic mass is 9.98. The van der Waals surface area contributed by atoms with E-state index < -0.39 is 0 Å². The Balaban J connectivity index is 1.58. The highest BCUT2D eigenvalue weighted by atomic mass is 35.5. The van der Waals surface area contributed by atoms with Gasteiger partial charge in [-0.1, -0.05) is 53.6 Å². The lowest BCUT2D eigenvalue weighted by Gasteiger charge is -2.30. The fourth-order valence-electron chi connectivity index (χ4n) is 3.41. The monoisotopic (exact) mass is 426 g/mol. The molecule has 2 aromatic rings. The predicted molar refractivity (Wildman–Crippen MR) is 118 cm³/mol. The van der Waals surface area contributed by atoms with Crippen LogP contribution in [0.4, 0.5) is 0 Å². The minimum Gasteiger partial charge on any atom is -0.352 e. The largest absolute Gasteiger partial charge is 0.352 e. The van der Waals surface area contributed by atoms with Crippen molar-refractivity contribution in [3.63, 3.8) is 0 Å². The normalized spacial score (nSPS) is 14.2. The first-order chi connectivity index (χ1) is 14.5. The molecule has 1 aliphatic heterocycles. The highest BCUT2D eigenvalue weighted by molar-refractivity contribution is 6.30. The number of halogens is 1. The summed E-state index contributed by atoms with van der Waals surface area (Å²) in [5, 5.41) is 5.08. The van der Waals surface area contributed by atoms with Gasteiger partial charge >= 0.3 is 0 Å². The standard InChI is InChI=1S/C23H27ClN4O2/c1-16-9-10-28(27-14-17-5-3-2-4-6-17)23(30)21(16)12-22(29)26-15-19-11-20(24)8-7-18(19)13-25/h2-8,11,27H,9-10,12-15,25H2,1H3,(H,26,29). The molecule has 0 aliphatic carbocycles. The SMILES string of the molecule is CC1=C(CC(=O)NCc2cc(Cl)ccc2CN)C(=O)N(NCc2ccccc2)CC1. The Bertz CT molecular complexity index is 943. The topological polar surface area (TPSA) is 87.5 Å². The number of hydrazine groups is 1. The zero-order chi connectivity index (χ0) is 21.5. The van der Waals surface area contributed by atoms with Crippen molar-refractivity contribution >= 4 is 23.4 Å². The molecule has 0 fully saturated rings. The molecule has 0 spiro atoms. The maximum Gasteiger partial charge on any atom is 0.264 e. The third-order valence-electron chi connectivity index (χ3n) is 5.25. The molecule has 0 radical (unpaired) electrons. The predicted octanol–water partition coefficient (Wildman–Crippen LogP) is 3.06. The van der Waals surface area contributed by atoms with E-state index in [1.807, 2.05) is 43.3 Å². The van der Waals surface area contributed by atoms with Crippen LogP contribution in [-0.2, 0) is 29.2 Å². The number of hydrogen-bond acceptors (Lipinski definition) is 4. The van der Waals surface area contributed by atoms with Gasteiger partial charge in [0.1, 0.15) is 0 Å². The Morgan fingerprint density at radius 3 is 2.63 bits per heavy atom. The molecule has 3 rings (SSSR count). The first-order valence-electron chi connectivity index (χ1n) is 10.00. The van der Waals surface area contributed by atoms with Crippen molar-refractivity contribution in [3.05, 3.63) is 81.4 Å². The summed E-state index contributed by atoms with van der Waals surface area (Å²) in [7, 11) is 0. The molecule has 0 atom stereocenters. The molecule has 7 heteroatoms. The second-order valence-electron chi connectivity index (χ2n) is 7.36. The van der Waals surface area contributed by atoms with Gasteiger partial charge < -0.3 is 11.1 Å². The van der Waals surface area contributed by atoms with E-state index >= 15 is 0 Å². The molecule has 1 heterocycles. The Hall–Kier alpha value is -2.67. The molecular weight excluding hydrogens is 400 g/mol. The number of benzene rings is 2. The summed E-state index contributed by atoms with van der Waals surface area (Å²) in [6, 6.07) is 15.3. The molecule has 1 aliphatic rings. The first-order valence-corrected chi connectivity index (χ1v) is 10.4. The molecule has 0 aromatic heterocycles. The van der Waals surface area contributed by atoms with Crippen LogP contribution in [0.25, 0.3) is 0 Å². The smallest absolute Gasteiger partial charge is 0.264 e. The third-order valence-corrected chi connectivity index (χ3v) is 5.48. The van der Waals surface area contributed by atoms with Crippen molar-refractivity contribution in [3.8, 4) is 0 Å². The molecule has 0 saturated carbocycles. The zero-order valence-electron chi connectivity index (χ0n) is 17.1. The van der Waals surface area contributed by atoms with Gasteiger partial charge in [0.25, 0.3) is 5.91 Å². The van der Waals surface area contributed by atoms with E-state index in [9.17, 15) is 9.59 Å². The van der Waals surface area contributed by atoms with Crippen LogP contribution in [0, 0.1) is 0 Å². The Labute approximate surface area is 182 Å². The van der Waals surface area contributed by atoms with Crippen molar-refractivity contribution in [1.82, 2.24) is 15.8 Å². The van der Waals surface area contributed by atoms with Crippen LogP contribution in [0.15, 0.2) is 59.7 Å². The molecule has 2 aromatic carbocycles. The Morgan fingerprint density at radius 1 is 1.13 bits per heavy atom. The number of rotatable bonds is 8. The van der Waals surface area contributed by atoms with Crippen molar-refractivity contribution in [1.29, 1.82) is 0 Å². The average molecular weight is 427 g/mol. The van der Waals surface area contributed by atoms with Crippen LogP contribution in [0.5, 0.6) is 0 Å². The molecule has 6 nitrogen and oxygen atoms in total. The second-order valence-corrected chi connectivity index (χ2v) is 7.79. The fourth-order valence-corrected chi connectivity index (χ4v) is 3.61. The summed E-state index contributed by atoms with van der Waals surface area (Å²) in [4.78, 5) is 25.4. The second kappa shape index (κ2) is 10.4. The van der Waals surface area contributed by atoms with Crippen LogP contribution in [0.1, 0.15) is 36.5 Å². The number of nitrogens with two attached hydrogens (primary N) is 1. The highest BCUT2D eigenvalue weighted by Crippen LogP contribution is 2.21. The Morgan fingerprint density at radius 2 is 1.90 bits per heavy atom. The van der Waals surface area contributed by atoms with E-state index in [0.717, 1.165) is 28.7 Å². The summed E-state index contributed by atoms with van der Waals surface area (Å²) >= 11 is 6.05. The van der Waals surface area contributed by atoms with Gasteiger partial charge in [-0.3, -0.25) is 14.6 Å². The van der Waals surface area contributed by atoms with Gasteiger partial charge in [0.2, 0.25) is 5.91 Å². The van der Waals surface area contributed by atoms with Gasteiger partial charge in [0.05, 0.1) is 6.42 Å². The molecular formula is C23H27ClN4O2. The molecule has 2 amide bonds. The number of amides is 2. The van der Waals surface area contributed by atoms with Crippen molar-refractivity contribution in [2.45, 2.75) is 39.4 Å². The van der Waals surface area contributed by atoms with Gasteiger partial charge in [-0.15, -0.1) is 0 Å². The number of carbonyl (C=O) groups excluding carboxylic acids is 2. The summed E-state index contributed by atoms with van der Waals surface area (Å²) in [5.74, 6) is -0.346. The van der Waals surface area contributed by atoms with Crippen LogP contribution in [-0.4, -0.2) is 23.4 Å². The maximum absolute atomic E-state index is 12.9. The zero-order valence-corrected chi connectivity index (χ0v) is 17.8. The van der Waals surface area contributed by atoms with Crippen LogP contribution in [0.2, 0.25) is 5.02 Å². The molecule has 0 saturated heterocycles. The van der Waals surface area contributed by atoms with Gasteiger partial charge in [0.15, 0.2) is 0 Å². The molecule has 0 bridgehead atoms. The Kier molecular flexibility index (Phi) is 7.63. The van der Waals surface area contributed by atoms with Crippen molar-refractivity contribution in [2.75, 3.05) is 6.54 Å². The summed E-state index contributed by atoms with van der Waals surface area (Å²) in [5.41, 5.74) is 13.3. The van der Waals surface area contributed by atoms with Crippen LogP contribution >= 0.6 is 11.6 Å². The maximum atomic E-state index is 12.9. The third kappa shape index (κ3) is 5.69. The average Bonchev–Trinajstić information content (AvgIpc) is 2.75. The van der Waals surface area contributed by atoms with Gasteiger partial charge in [-0.25, -0.2) is 5.43 Å². The molecule has 158 valence electrons. The van der Waals surface area contributed by atoms with Crippen LogP contribution < -0.4 is 16.5 Å². The summed E-state index contributed by atoms with van der Waals surface area (Å²) < 4.78 is 0. The van der Waals surface area contributed by atoms with E-state index in [2.05, 4.69) is 10.7 Å². The quantitative estimate of drug-likeness (QED) is 0.605. The number of nitrogens with zero attached hydrogens (tertiary/aromatic N) is 1. The molecule has 0 unspecified atom stereocenters. The lowest BCUT2D eigenvalue weighted by Crippen LogP contribution is -2.46. The fraction of sp³-hybridized carbons (Fsp3) is 0.304. The highest BCUT2D eigenvalue weighted by Gasteiger charge is 2.26. The number of carbonyl (C=O) groups is 2. The van der Waals surface area contributed by atoms with Gasteiger partial charge in [0, 0.05) is 36.8 Å². The van der Waals surface area contributed by atoms with E-state index in [1.165, 1.54) is 0 Å². The van der Waals surface area contributed by atoms with E-state index in [1.54, 1.807) is 17.1 Å². The van der Waals surface area contributed by atoms with Crippen molar-refractivity contribution < 1.29 is 9.59 Å². The number of hydrogen-bond donors (Lipinski definition) is 3. The summed E-state index contributed by atoms with van der Waals surface area (Å²) in [6.45, 7) is 3.75. The summed E-state index contributed by atoms with van der Waals surface area (Å²) in [6.07, 6.45) is 0.786. The van der Waals surface area contributed by atoms with E-state index in [-0.39, 0.29) is 18.2 Å². The molecule has 30 heavy (non-hydrogen) atoms. The van der Waals surface area contributed by atoms with E-state index in [4.69, 9.17) is 17.3 Å². The van der Waals surface area contributed by atoms with E-state index in [0.29, 0.717) is 36.8 Å². The van der Waals surface area contributed by atoms with Crippen LogP contribution in [0.3, 0.4) is 0 Å². The first kappa shape index (κ1) is 22.0. The van der Waals surface area contributed by atoms with Gasteiger partial charge in [-0.05, 0) is 42.2 Å². The minimum atomic E-state index is -0.203. The van der Waals surface area contributed by atoms with Gasteiger partial charge in [-0.2, -0.15) is 0 Å². The van der Waals surface area contributed by atoms with Crippen molar-refractivity contribution in [2.24, 2.45) is 5.73 Å². The minimum absolute atomic E-state index is 0.0483. The molecule has 4 N–H and O–H groups in total. The number of nitrogens with one attached hydrogen (secondary N) is 2.